The lowest BCUT2D eigenvalue weighted by molar-refractivity contribution is -0.0239. The van der Waals surface area contributed by atoms with E-state index in [9.17, 15) is 9.59 Å². The Morgan fingerprint density at radius 1 is 1.26 bits per heavy atom. The monoisotopic (exact) mass is 601 g/mol. The molecule has 2 aliphatic rings. The van der Waals surface area contributed by atoms with Crippen LogP contribution in [-0.4, -0.2) is 60.3 Å². The fourth-order valence-electron chi connectivity index (χ4n) is 3.14. The predicted molar refractivity (Wildman–Crippen MR) is 118 cm³/mol. The van der Waals surface area contributed by atoms with Crippen molar-refractivity contribution in [2.45, 2.75) is 45.3 Å². The van der Waals surface area contributed by atoms with Crippen molar-refractivity contribution in [3.8, 4) is 0 Å². The summed E-state index contributed by atoms with van der Waals surface area (Å²) in [7, 11) is 0. The number of hydrogen-bond acceptors (Lipinski definition) is 4. The number of carbonyl (C=O) groups excluding carboxylic acids is 2. The van der Waals surface area contributed by atoms with Crippen LogP contribution in [0.3, 0.4) is 0 Å². The molecule has 0 unspecified atom stereocenters. The van der Waals surface area contributed by atoms with E-state index in [1.807, 2.05) is 6.92 Å². The molecule has 27 heavy (non-hydrogen) atoms. The van der Waals surface area contributed by atoms with E-state index in [2.05, 4.69) is 55.5 Å². The Balaban J connectivity index is 1.66. The fourth-order valence-corrected chi connectivity index (χ4v) is 4.33. The molecule has 2 N–H and O–H groups in total. The number of amides is 2. The molecule has 1 aliphatic carbocycles. The third-order valence-electron chi connectivity index (χ3n) is 4.93. The first-order chi connectivity index (χ1) is 12.9. The summed E-state index contributed by atoms with van der Waals surface area (Å²) in [5.74, 6) is 0.493. The van der Waals surface area contributed by atoms with Crippen molar-refractivity contribution in [3.05, 3.63) is 18.5 Å². The van der Waals surface area contributed by atoms with Crippen LogP contribution < -0.4 is 5.32 Å². The first kappa shape index (κ1) is 21.2. The van der Waals surface area contributed by atoms with Crippen molar-refractivity contribution in [2.75, 3.05) is 26.3 Å². The standard InChI is InChI=1S/C18H25I2N3O4/c1-3-26-18(25)23-7-6-12(13(8-23)27-9-11-4-5-11)22-17(24)16-15(20)14(19)10(2)21-16/h11-13,21H,3-9H2,1-2H3,(H,22,24)/t12-,13+/m1/s1. The summed E-state index contributed by atoms with van der Waals surface area (Å²) in [6, 6.07) is -0.126. The number of aromatic amines is 1. The lowest BCUT2D eigenvalue weighted by Crippen LogP contribution is -2.56. The second-order valence-electron chi connectivity index (χ2n) is 7.08. The third-order valence-corrected chi connectivity index (χ3v) is 8.38. The van der Waals surface area contributed by atoms with Crippen LogP contribution >= 0.6 is 45.2 Å². The van der Waals surface area contributed by atoms with Gasteiger partial charge < -0.3 is 24.7 Å². The molecule has 2 heterocycles. The van der Waals surface area contributed by atoms with Crippen LogP contribution in [0.5, 0.6) is 0 Å². The number of carbonyl (C=O) groups is 2. The molecule has 1 saturated heterocycles. The molecule has 0 spiro atoms. The first-order valence-corrected chi connectivity index (χ1v) is 11.4. The van der Waals surface area contributed by atoms with E-state index in [0.717, 1.165) is 12.8 Å². The van der Waals surface area contributed by atoms with Crippen molar-refractivity contribution in [1.29, 1.82) is 0 Å². The highest BCUT2D eigenvalue weighted by atomic mass is 127. The molecule has 150 valence electrons. The van der Waals surface area contributed by atoms with Gasteiger partial charge in [-0.2, -0.15) is 0 Å². The number of ether oxygens (including phenoxy) is 2. The largest absolute Gasteiger partial charge is 0.450 e. The van der Waals surface area contributed by atoms with Crippen molar-refractivity contribution < 1.29 is 19.1 Å². The summed E-state index contributed by atoms with van der Waals surface area (Å²) < 4.78 is 13.2. The van der Waals surface area contributed by atoms with Gasteiger partial charge in [0.15, 0.2) is 0 Å². The first-order valence-electron chi connectivity index (χ1n) is 9.28. The zero-order chi connectivity index (χ0) is 19.6. The molecule has 2 amide bonds. The lowest BCUT2D eigenvalue weighted by atomic mass is 10.0. The quantitative estimate of drug-likeness (QED) is 0.491. The molecule has 7 nitrogen and oxygen atoms in total. The molecule has 0 radical (unpaired) electrons. The average molecular weight is 601 g/mol. The van der Waals surface area contributed by atoms with E-state index in [-0.39, 0.29) is 24.1 Å². The van der Waals surface area contributed by atoms with Crippen LogP contribution in [-0.2, 0) is 9.47 Å². The van der Waals surface area contributed by atoms with Gasteiger partial charge in [-0.05, 0) is 84.2 Å². The maximum absolute atomic E-state index is 12.8. The minimum atomic E-state index is -0.314. The van der Waals surface area contributed by atoms with E-state index in [1.165, 1.54) is 12.8 Å². The van der Waals surface area contributed by atoms with Gasteiger partial charge >= 0.3 is 6.09 Å². The lowest BCUT2D eigenvalue weighted by Gasteiger charge is -2.38. The van der Waals surface area contributed by atoms with Gasteiger partial charge in [0, 0.05) is 22.4 Å². The minimum Gasteiger partial charge on any atom is -0.450 e. The van der Waals surface area contributed by atoms with E-state index in [1.54, 1.807) is 11.8 Å². The summed E-state index contributed by atoms with van der Waals surface area (Å²) in [5, 5.41) is 3.12. The normalized spacial score (nSPS) is 22.6. The van der Waals surface area contributed by atoms with Gasteiger partial charge in [-0.15, -0.1) is 0 Å². The highest BCUT2D eigenvalue weighted by molar-refractivity contribution is 14.1. The summed E-state index contributed by atoms with van der Waals surface area (Å²) in [6.45, 7) is 5.78. The number of nitrogens with zero attached hydrogens (tertiary/aromatic N) is 1. The second kappa shape index (κ2) is 9.29. The van der Waals surface area contributed by atoms with Gasteiger partial charge in [0.25, 0.3) is 5.91 Å². The number of hydrogen-bond donors (Lipinski definition) is 2. The molecular formula is C18H25I2N3O4. The molecule has 2 fully saturated rings. The van der Waals surface area contributed by atoms with Crippen LogP contribution in [0.2, 0.25) is 0 Å². The number of likely N-dealkylation sites (tertiary alicyclic amines) is 1. The van der Waals surface area contributed by atoms with Crippen LogP contribution in [0.25, 0.3) is 0 Å². The summed E-state index contributed by atoms with van der Waals surface area (Å²) in [6.07, 6.45) is 2.51. The maximum atomic E-state index is 12.8. The Morgan fingerprint density at radius 2 is 2.00 bits per heavy atom. The molecule has 2 atom stereocenters. The summed E-state index contributed by atoms with van der Waals surface area (Å²) >= 11 is 4.44. The SMILES string of the molecule is CCOC(=O)N1CC[C@@H](NC(=O)c2[nH]c(C)c(I)c2I)[C@@H](OCC2CC2)C1. The van der Waals surface area contributed by atoms with Gasteiger partial charge in [0.1, 0.15) is 5.69 Å². The van der Waals surface area contributed by atoms with Crippen molar-refractivity contribution in [1.82, 2.24) is 15.2 Å². The predicted octanol–water partition coefficient (Wildman–Crippen LogP) is 3.29. The van der Waals surface area contributed by atoms with Gasteiger partial charge in [-0.3, -0.25) is 4.79 Å². The van der Waals surface area contributed by atoms with Gasteiger partial charge in [0.2, 0.25) is 0 Å². The molecule has 1 aromatic heterocycles. The van der Waals surface area contributed by atoms with Crippen LogP contribution in [0, 0.1) is 20.0 Å². The van der Waals surface area contributed by atoms with Crippen molar-refractivity contribution >= 4 is 57.2 Å². The number of H-pyrrole nitrogens is 1. The number of aromatic nitrogens is 1. The Bertz CT molecular complexity index is 705. The highest BCUT2D eigenvalue weighted by Crippen LogP contribution is 2.30. The smallest absolute Gasteiger partial charge is 0.409 e. The maximum Gasteiger partial charge on any atom is 0.409 e. The van der Waals surface area contributed by atoms with Gasteiger partial charge in [0.05, 0.1) is 28.9 Å². The molecule has 1 saturated carbocycles. The van der Waals surface area contributed by atoms with Gasteiger partial charge in [-0.1, -0.05) is 0 Å². The molecule has 0 bridgehead atoms. The number of nitrogens with one attached hydrogen (secondary N) is 2. The van der Waals surface area contributed by atoms with Crippen LogP contribution in [0.1, 0.15) is 42.4 Å². The zero-order valence-electron chi connectivity index (χ0n) is 15.5. The van der Waals surface area contributed by atoms with Crippen molar-refractivity contribution in [2.24, 2.45) is 5.92 Å². The molecule has 3 rings (SSSR count). The van der Waals surface area contributed by atoms with Gasteiger partial charge in [-0.25, -0.2) is 4.79 Å². The van der Waals surface area contributed by atoms with E-state index < -0.39 is 0 Å². The summed E-state index contributed by atoms with van der Waals surface area (Å²) in [4.78, 5) is 29.7. The highest BCUT2D eigenvalue weighted by Gasteiger charge is 2.36. The molecule has 0 aromatic carbocycles. The van der Waals surface area contributed by atoms with E-state index in [4.69, 9.17) is 9.47 Å². The molecule has 1 aliphatic heterocycles. The van der Waals surface area contributed by atoms with Crippen LogP contribution in [0.4, 0.5) is 4.79 Å². The Kier molecular flexibility index (Phi) is 7.28. The topological polar surface area (TPSA) is 83.7 Å². The number of piperidine rings is 1. The third kappa shape index (κ3) is 5.28. The Labute approximate surface area is 186 Å². The fraction of sp³-hybridized carbons (Fsp3) is 0.667. The molecule has 9 heteroatoms. The second-order valence-corrected chi connectivity index (χ2v) is 9.24. The average Bonchev–Trinajstić information content (AvgIpc) is 3.44. The van der Waals surface area contributed by atoms with Crippen LogP contribution in [0.15, 0.2) is 0 Å². The Morgan fingerprint density at radius 3 is 2.59 bits per heavy atom. The van der Waals surface area contributed by atoms with E-state index >= 15 is 0 Å². The zero-order valence-corrected chi connectivity index (χ0v) is 19.8. The molecular weight excluding hydrogens is 576 g/mol. The number of aryl methyl sites for hydroxylation is 1. The Hall–Kier alpha value is -0.560. The minimum absolute atomic E-state index is 0.125. The number of rotatable bonds is 6. The molecule has 1 aromatic rings. The van der Waals surface area contributed by atoms with E-state index in [0.29, 0.717) is 44.3 Å². The van der Waals surface area contributed by atoms with Crippen molar-refractivity contribution in [3.63, 3.8) is 0 Å². The summed E-state index contributed by atoms with van der Waals surface area (Å²) in [5.41, 5.74) is 1.58. The number of halogens is 2.